The Balaban J connectivity index is 2.98. The summed E-state index contributed by atoms with van der Waals surface area (Å²) < 4.78 is 73.8. The maximum Gasteiger partial charge on any atom is 0.467 e. The van der Waals surface area contributed by atoms with Crippen molar-refractivity contribution < 1.29 is 26.3 Å². The van der Waals surface area contributed by atoms with Crippen molar-refractivity contribution in [2.45, 2.75) is 36.9 Å². The second kappa shape index (κ2) is 4.44. The summed E-state index contributed by atoms with van der Waals surface area (Å²) >= 11 is 5.50. The van der Waals surface area contributed by atoms with Gasteiger partial charge in [-0.2, -0.15) is 26.3 Å². The van der Waals surface area contributed by atoms with Gasteiger partial charge < -0.3 is 0 Å². The number of nitrogens with zero attached hydrogens (tertiary/aromatic N) is 1. The van der Waals surface area contributed by atoms with Gasteiger partial charge in [0.15, 0.2) is 0 Å². The molecule has 1 rings (SSSR count). The summed E-state index contributed by atoms with van der Waals surface area (Å²) in [6.07, 6.45) is -8.57. The van der Waals surface area contributed by atoms with Gasteiger partial charge in [-0.25, -0.2) is 0 Å². The van der Waals surface area contributed by atoms with Crippen molar-refractivity contribution in [3.8, 4) is 0 Å². The molecule has 1 aliphatic rings. The van der Waals surface area contributed by atoms with Gasteiger partial charge in [-0.15, -0.1) is 16.5 Å². The minimum absolute atomic E-state index is 0.00508. The van der Waals surface area contributed by atoms with Crippen molar-refractivity contribution in [1.82, 2.24) is 4.90 Å². The largest absolute Gasteiger partial charge is 0.467 e. The van der Waals surface area contributed by atoms with Crippen LogP contribution >= 0.6 is 11.6 Å². The summed E-state index contributed by atoms with van der Waals surface area (Å²) in [5.41, 5.74) is 0. The molecule has 0 saturated carbocycles. The summed E-state index contributed by atoms with van der Waals surface area (Å²) in [7, 11) is 0. The standard InChI is InChI=1S/C8H8ClF6N/c9-5-3-1-2-4-6(5)16(7(10,11)12)8(13,14)15/h1-2,5-6H,3-4H2/t5-,6-/m1/s1. The molecule has 1 aliphatic carbocycles. The lowest BCUT2D eigenvalue weighted by Crippen LogP contribution is -2.57. The minimum Gasteiger partial charge on any atom is -0.155 e. The van der Waals surface area contributed by atoms with Gasteiger partial charge in [0.05, 0.1) is 5.38 Å². The number of halogens is 7. The van der Waals surface area contributed by atoms with E-state index in [0.717, 1.165) is 0 Å². The van der Waals surface area contributed by atoms with Crippen molar-refractivity contribution in [2.24, 2.45) is 0 Å². The molecule has 0 N–H and O–H groups in total. The van der Waals surface area contributed by atoms with Crippen molar-refractivity contribution in [1.29, 1.82) is 0 Å². The van der Waals surface area contributed by atoms with Crippen LogP contribution in [0.1, 0.15) is 12.8 Å². The molecule has 0 unspecified atom stereocenters. The summed E-state index contributed by atoms with van der Waals surface area (Å²) in [6.45, 7) is 0. The predicted molar refractivity (Wildman–Crippen MR) is 45.8 cm³/mol. The van der Waals surface area contributed by atoms with E-state index in [1.54, 1.807) is 0 Å². The van der Waals surface area contributed by atoms with Crippen LogP contribution in [-0.2, 0) is 0 Å². The smallest absolute Gasteiger partial charge is 0.155 e. The average Bonchev–Trinajstić information content (AvgIpc) is 2.03. The van der Waals surface area contributed by atoms with Crippen molar-refractivity contribution in [2.75, 3.05) is 0 Å². The number of alkyl halides is 7. The van der Waals surface area contributed by atoms with E-state index in [2.05, 4.69) is 0 Å². The first-order chi connectivity index (χ1) is 7.14. The zero-order chi connectivity index (χ0) is 12.6. The second-order valence-corrected chi connectivity index (χ2v) is 3.89. The molecule has 0 aromatic carbocycles. The van der Waals surface area contributed by atoms with E-state index in [-0.39, 0.29) is 12.8 Å². The molecule has 0 fully saturated rings. The molecule has 94 valence electrons. The average molecular weight is 268 g/mol. The highest BCUT2D eigenvalue weighted by Gasteiger charge is 2.58. The summed E-state index contributed by atoms with van der Waals surface area (Å²) in [5, 5.41) is -1.20. The number of hydrogen-bond acceptors (Lipinski definition) is 1. The van der Waals surface area contributed by atoms with Gasteiger partial charge in [-0.1, -0.05) is 12.2 Å². The van der Waals surface area contributed by atoms with Crippen LogP contribution in [0.15, 0.2) is 12.2 Å². The molecular weight excluding hydrogens is 260 g/mol. The van der Waals surface area contributed by atoms with Crippen LogP contribution in [-0.4, -0.2) is 28.9 Å². The van der Waals surface area contributed by atoms with Gasteiger partial charge in [0.2, 0.25) is 0 Å². The third-order valence-corrected chi connectivity index (χ3v) is 2.67. The van der Waals surface area contributed by atoms with E-state index in [9.17, 15) is 26.3 Å². The Kier molecular flexibility index (Phi) is 3.79. The first kappa shape index (κ1) is 13.6. The van der Waals surface area contributed by atoms with Crippen LogP contribution in [0.4, 0.5) is 26.3 Å². The lowest BCUT2D eigenvalue weighted by molar-refractivity contribution is -0.385. The summed E-state index contributed by atoms with van der Waals surface area (Å²) in [5.74, 6) is 0. The van der Waals surface area contributed by atoms with E-state index in [4.69, 9.17) is 11.6 Å². The fourth-order valence-corrected chi connectivity index (χ4v) is 1.87. The van der Waals surface area contributed by atoms with Gasteiger partial charge in [-0.05, 0) is 12.8 Å². The normalized spacial score (nSPS) is 27.5. The van der Waals surface area contributed by atoms with Crippen LogP contribution in [0.3, 0.4) is 0 Å². The Hall–Kier alpha value is -0.430. The van der Waals surface area contributed by atoms with E-state index >= 15 is 0 Å². The Morgan fingerprint density at radius 1 is 0.938 bits per heavy atom. The van der Waals surface area contributed by atoms with Crippen LogP contribution in [0, 0.1) is 0 Å². The maximum atomic E-state index is 12.3. The van der Waals surface area contributed by atoms with E-state index in [0.29, 0.717) is 0 Å². The molecule has 0 aromatic heterocycles. The molecule has 0 aromatic rings. The number of allylic oxidation sites excluding steroid dienone is 1. The van der Waals surface area contributed by atoms with Gasteiger partial charge in [-0.3, -0.25) is 0 Å². The highest BCUT2D eigenvalue weighted by Crippen LogP contribution is 2.39. The first-order valence-corrected chi connectivity index (χ1v) is 4.79. The van der Waals surface area contributed by atoms with Crippen molar-refractivity contribution >= 4 is 11.6 Å². The number of hydrogen-bond donors (Lipinski definition) is 0. The molecule has 0 aliphatic heterocycles. The molecule has 1 nitrogen and oxygen atoms in total. The lowest BCUT2D eigenvalue weighted by Gasteiger charge is -2.37. The Morgan fingerprint density at radius 2 is 1.38 bits per heavy atom. The van der Waals surface area contributed by atoms with Gasteiger partial charge in [0, 0.05) is 6.04 Å². The molecule has 2 atom stereocenters. The third kappa shape index (κ3) is 3.04. The fraction of sp³-hybridized carbons (Fsp3) is 0.750. The SMILES string of the molecule is FC(F)(F)N([C@@H]1CC=CC[C@H]1Cl)C(F)(F)F. The van der Waals surface area contributed by atoms with E-state index < -0.39 is 28.9 Å². The third-order valence-electron chi connectivity index (χ3n) is 2.20. The monoisotopic (exact) mass is 267 g/mol. The molecule has 8 heteroatoms. The molecular formula is C8H8ClF6N. The van der Waals surface area contributed by atoms with Crippen molar-refractivity contribution in [3.63, 3.8) is 0 Å². The van der Waals surface area contributed by atoms with Gasteiger partial charge in [0.1, 0.15) is 0 Å². The predicted octanol–water partition coefficient (Wildman–Crippen LogP) is 3.65. The topological polar surface area (TPSA) is 3.24 Å². The quantitative estimate of drug-likeness (QED) is 0.303. The zero-order valence-corrected chi connectivity index (χ0v) is 8.57. The summed E-state index contributed by atoms with van der Waals surface area (Å²) in [6, 6.07) is -1.80. The second-order valence-electron chi connectivity index (χ2n) is 3.33. The molecule has 0 amide bonds. The molecule has 0 heterocycles. The van der Waals surface area contributed by atoms with E-state index in [1.807, 2.05) is 0 Å². The van der Waals surface area contributed by atoms with Crippen molar-refractivity contribution in [3.05, 3.63) is 12.2 Å². The first-order valence-electron chi connectivity index (χ1n) is 4.36. The van der Waals surface area contributed by atoms with Gasteiger partial charge >= 0.3 is 12.6 Å². The fourth-order valence-electron chi connectivity index (χ4n) is 1.55. The molecule has 0 saturated heterocycles. The lowest BCUT2D eigenvalue weighted by atomic mass is 10.0. The van der Waals surface area contributed by atoms with Crippen LogP contribution < -0.4 is 0 Å². The summed E-state index contributed by atoms with van der Waals surface area (Å²) in [4.78, 5) is -1.43. The Morgan fingerprint density at radius 3 is 1.75 bits per heavy atom. The van der Waals surface area contributed by atoms with Crippen LogP contribution in [0.2, 0.25) is 0 Å². The highest BCUT2D eigenvalue weighted by atomic mass is 35.5. The molecule has 0 radical (unpaired) electrons. The maximum absolute atomic E-state index is 12.3. The Labute approximate surface area is 92.7 Å². The van der Waals surface area contributed by atoms with Gasteiger partial charge in [0.25, 0.3) is 0 Å². The molecule has 16 heavy (non-hydrogen) atoms. The van der Waals surface area contributed by atoms with Crippen LogP contribution in [0.25, 0.3) is 0 Å². The van der Waals surface area contributed by atoms with E-state index in [1.165, 1.54) is 12.2 Å². The zero-order valence-electron chi connectivity index (χ0n) is 7.82. The Bertz CT molecular complexity index is 257. The minimum atomic E-state index is -5.47. The molecule has 0 spiro atoms. The molecule has 0 bridgehead atoms. The number of rotatable bonds is 1. The van der Waals surface area contributed by atoms with Crippen LogP contribution in [0.5, 0.6) is 0 Å². The highest BCUT2D eigenvalue weighted by molar-refractivity contribution is 6.21.